The Morgan fingerprint density at radius 3 is 2.94 bits per heavy atom. The molecule has 0 saturated carbocycles. The third-order valence-electron chi connectivity index (χ3n) is 3.12. The first kappa shape index (κ1) is 13.9. The van der Waals surface area contributed by atoms with Gasteiger partial charge in [-0.15, -0.1) is 11.8 Å². The van der Waals surface area contributed by atoms with Crippen molar-refractivity contribution in [2.24, 2.45) is 5.73 Å². The number of hydrogen-bond donors (Lipinski definition) is 1. The summed E-state index contributed by atoms with van der Waals surface area (Å²) in [7, 11) is 0. The van der Waals surface area contributed by atoms with E-state index in [1.807, 2.05) is 11.8 Å². The van der Waals surface area contributed by atoms with E-state index in [0.717, 1.165) is 45.0 Å². The minimum Gasteiger partial charge on any atom is -0.376 e. The second-order valence-corrected chi connectivity index (χ2v) is 5.70. The fourth-order valence-corrected chi connectivity index (χ4v) is 3.13. The smallest absolute Gasteiger partial charge is 0.0710 e. The van der Waals surface area contributed by atoms with Crippen molar-refractivity contribution in [1.29, 1.82) is 0 Å². The van der Waals surface area contributed by atoms with Crippen LogP contribution in [0.25, 0.3) is 0 Å². The second-order valence-electron chi connectivity index (χ2n) is 4.53. The van der Waals surface area contributed by atoms with Gasteiger partial charge in [-0.2, -0.15) is 0 Å². The molecule has 1 saturated heterocycles. The molecule has 1 unspecified atom stereocenters. The van der Waals surface area contributed by atoms with Gasteiger partial charge in [-0.1, -0.05) is 18.2 Å². The minimum atomic E-state index is 0.376. The van der Waals surface area contributed by atoms with E-state index in [0.29, 0.717) is 6.10 Å². The first-order valence-electron chi connectivity index (χ1n) is 6.60. The predicted octanol–water partition coefficient (Wildman–Crippen LogP) is 1.83. The Labute approximate surface area is 114 Å². The Hall–Kier alpha value is -0.550. The van der Waals surface area contributed by atoms with Gasteiger partial charge in [0.05, 0.1) is 12.7 Å². The molecule has 0 aromatic heterocycles. The second kappa shape index (κ2) is 7.79. The molecular weight excluding hydrogens is 244 g/mol. The molecule has 100 valence electrons. The van der Waals surface area contributed by atoms with Crippen LogP contribution in [0, 0.1) is 0 Å². The third-order valence-corrected chi connectivity index (χ3v) is 4.17. The van der Waals surface area contributed by atoms with Crippen LogP contribution in [0.2, 0.25) is 0 Å². The number of nitrogens with zero attached hydrogens (tertiary/aromatic N) is 1. The summed E-state index contributed by atoms with van der Waals surface area (Å²) in [5.41, 5.74) is 5.59. The normalized spacial score (nSPS) is 21.1. The molecule has 1 fully saturated rings. The van der Waals surface area contributed by atoms with E-state index >= 15 is 0 Å². The number of hydrogen-bond acceptors (Lipinski definition) is 4. The van der Waals surface area contributed by atoms with Gasteiger partial charge in [0.15, 0.2) is 0 Å². The average Bonchev–Trinajstić information content (AvgIpc) is 2.41. The van der Waals surface area contributed by atoms with E-state index in [9.17, 15) is 0 Å². The highest BCUT2D eigenvalue weighted by Gasteiger charge is 2.19. The molecule has 1 aliphatic rings. The van der Waals surface area contributed by atoms with Gasteiger partial charge < -0.3 is 10.5 Å². The molecule has 3 nitrogen and oxygen atoms in total. The molecule has 1 aromatic rings. The van der Waals surface area contributed by atoms with Crippen LogP contribution >= 0.6 is 11.8 Å². The topological polar surface area (TPSA) is 38.5 Å². The van der Waals surface area contributed by atoms with Crippen molar-refractivity contribution in [2.75, 3.05) is 38.5 Å². The molecular formula is C14H22N2OS. The van der Waals surface area contributed by atoms with Gasteiger partial charge in [0.2, 0.25) is 0 Å². The first-order valence-corrected chi connectivity index (χ1v) is 7.59. The SMILES string of the molecule is NCCN1CCOC(CCSc2ccccc2)C1. The molecule has 0 radical (unpaired) electrons. The fraction of sp³-hybridized carbons (Fsp3) is 0.571. The molecule has 4 heteroatoms. The number of ether oxygens (including phenoxy) is 1. The van der Waals surface area contributed by atoms with Crippen LogP contribution in [-0.2, 0) is 4.74 Å². The quantitative estimate of drug-likeness (QED) is 0.797. The van der Waals surface area contributed by atoms with Crippen molar-refractivity contribution in [3.05, 3.63) is 30.3 Å². The molecule has 0 aliphatic carbocycles. The Morgan fingerprint density at radius 2 is 2.17 bits per heavy atom. The molecule has 18 heavy (non-hydrogen) atoms. The van der Waals surface area contributed by atoms with Crippen LogP contribution in [0.4, 0.5) is 0 Å². The molecule has 0 amide bonds. The van der Waals surface area contributed by atoms with Crippen LogP contribution in [0.5, 0.6) is 0 Å². The number of morpholine rings is 1. The van der Waals surface area contributed by atoms with E-state index in [1.165, 1.54) is 4.90 Å². The van der Waals surface area contributed by atoms with Gasteiger partial charge >= 0.3 is 0 Å². The lowest BCUT2D eigenvalue weighted by atomic mass is 10.2. The zero-order chi connectivity index (χ0) is 12.6. The minimum absolute atomic E-state index is 0.376. The monoisotopic (exact) mass is 266 g/mol. The lowest BCUT2D eigenvalue weighted by Gasteiger charge is -2.32. The zero-order valence-electron chi connectivity index (χ0n) is 10.8. The summed E-state index contributed by atoms with van der Waals surface area (Å²) in [5.74, 6) is 1.12. The highest BCUT2D eigenvalue weighted by molar-refractivity contribution is 7.99. The van der Waals surface area contributed by atoms with Gasteiger partial charge in [-0.3, -0.25) is 4.90 Å². The number of benzene rings is 1. The zero-order valence-corrected chi connectivity index (χ0v) is 11.6. The molecule has 2 rings (SSSR count). The fourth-order valence-electron chi connectivity index (χ4n) is 2.17. The molecule has 2 N–H and O–H groups in total. The van der Waals surface area contributed by atoms with Gasteiger partial charge in [0.25, 0.3) is 0 Å². The van der Waals surface area contributed by atoms with E-state index < -0.39 is 0 Å². The average molecular weight is 266 g/mol. The maximum atomic E-state index is 5.80. The first-order chi connectivity index (χ1) is 8.88. The lowest BCUT2D eigenvalue weighted by molar-refractivity contribution is -0.0279. The van der Waals surface area contributed by atoms with Crippen LogP contribution in [0.15, 0.2) is 35.2 Å². The molecule has 0 bridgehead atoms. The van der Waals surface area contributed by atoms with Crippen molar-refractivity contribution in [3.8, 4) is 0 Å². The predicted molar refractivity (Wildman–Crippen MR) is 77.0 cm³/mol. The highest BCUT2D eigenvalue weighted by atomic mass is 32.2. The summed E-state index contributed by atoms with van der Waals surface area (Å²) in [6.45, 7) is 4.64. The lowest BCUT2D eigenvalue weighted by Crippen LogP contribution is -2.44. The summed E-state index contributed by atoms with van der Waals surface area (Å²) >= 11 is 1.91. The number of nitrogens with two attached hydrogens (primary N) is 1. The largest absolute Gasteiger partial charge is 0.376 e. The van der Waals surface area contributed by atoms with Gasteiger partial charge in [0.1, 0.15) is 0 Å². The van der Waals surface area contributed by atoms with Gasteiger partial charge in [-0.25, -0.2) is 0 Å². The summed E-state index contributed by atoms with van der Waals surface area (Å²) in [6.07, 6.45) is 1.49. The summed E-state index contributed by atoms with van der Waals surface area (Å²) in [6, 6.07) is 10.5. The van der Waals surface area contributed by atoms with Crippen LogP contribution in [0.3, 0.4) is 0 Å². The third kappa shape index (κ3) is 4.61. The Balaban J connectivity index is 1.67. The van der Waals surface area contributed by atoms with Crippen molar-refractivity contribution < 1.29 is 4.74 Å². The maximum absolute atomic E-state index is 5.80. The molecule has 0 spiro atoms. The molecule has 1 atom stereocenters. The molecule has 1 heterocycles. The van der Waals surface area contributed by atoms with Crippen molar-refractivity contribution in [2.45, 2.75) is 17.4 Å². The van der Waals surface area contributed by atoms with Gasteiger partial charge in [-0.05, 0) is 18.6 Å². The van der Waals surface area contributed by atoms with Crippen LogP contribution in [-0.4, -0.2) is 49.5 Å². The summed E-state index contributed by atoms with van der Waals surface area (Å²) in [4.78, 5) is 3.74. The van der Waals surface area contributed by atoms with Crippen molar-refractivity contribution in [1.82, 2.24) is 4.90 Å². The highest BCUT2D eigenvalue weighted by Crippen LogP contribution is 2.20. The van der Waals surface area contributed by atoms with Crippen molar-refractivity contribution in [3.63, 3.8) is 0 Å². The molecule has 1 aromatic carbocycles. The number of thioether (sulfide) groups is 1. The van der Waals surface area contributed by atoms with E-state index in [2.05, 4.69) is 35.2 Å². The summed E-state index contributed by atoms with van der Waals surface area (Å²) < 4.78 is 5.80. The summed E-state index contributed by atoms with van der Waals surface area (Å²) in [5, 5.41) is 0. The Kier molecular flexibility index (Phi) is 6.00. The van der Waals surface area contributed by atoms with Crippen molar-refractivity contribution >= 4 is 11.8 Å². The standard InChI is InChI=1S/C14H22N2OS/c15-7-8-16-9-10-17-13(12-16)6-11-18-14-4-2-1-3-5-14/h1-5,13H,6-12,15H2. The van der Waals surface area contributed by atoms with E-state index in [1.54, 1.807) is 0 Å². The number of rotatable bonds is 6. The Bertz CT molecular complexity index is 332. The van der Waals surface area contributed by atoms with Gasteiger partial charge in [0, 0.05) is 36.8 Å². The maximum Gasteiger partial charge on any atom is 0.0710 e. The van der Waals surface area contributed by atoms with E-state index in [4.69, 9.17) is 10.5 Å². The Morgan fingerprint density at radius 1 is 1.33 bits per heavy atom. The molecule has 1 aliphatic heterocycles. The van der Waals surface area contributed by atoms with Crippen LogP contribution < -0.4 is 5.73 Å². The van der Waals surface area contributed by atoms with E-state index in [-0.39, 0.29) is 0 Å². The van der Waals surface area contributed by atoms with Crippen LogP contribution in [0.1, 0.15) is 6.42 Å².